The summed E-state index contributed by atoms with van der Waals surface area (Å²) in [5.41, 5.74) is 1.57. The van der Waals surface area contributed by atoms with E-state index < -0.39 is 18.3 Å². The Balaban J connectivity index is 2.58. The van der Waals surface area contributed by atoms with Crippen LogP contribution >= 0.6 is 0 Å². The van der Waals surface area contributed by atoms with Crippen LogP contribution in [0.4, 0.5) is 5.69 Å². The molecule has 0 spiro atoms. The van der Waals surface area contributed by atoms with E-state index in [2.05, 4.69) is 5.32 Å². The van der Waals surface area contributed by atoms with E-state index >= 15 is 0 Å². The Morgan fingerprint density at radius 2 is 2.06 bits per heavy atom. The van der Waals surface area contributed by atoms with Gasteiger partial charge in [0, 0.05) is 12.3 Å². The molecule has 0 aliphatic heterocycles. The predicted molar refractivity (Wildman–Crippen MR) is 62.7 cm³/mol. The summed E-state index contributed by atoms with van der Waals surface area (Å²) in [5.74, 6) is -1.70. The van der Waals surface area contributed by atoms with Gasteiger partial charge in [0.25, 0.3) is 0 Å². The van der Waals surface area contributed by atoms with E-state index in [1.807, 2.05) is 6.07 Å². The van der Waals surface area contributed by atoms with Crippen molar-refractivity contribution in [1.82, 2.24) is 0 Å². The molecule has 0 heterocycles. The fraction of sp³-hybridized carbons (Fsp3) is 0.333. The minimum absolute atomic E-state index is 0.121. The first-order valence-corrected chi connectivity index (χ1v) is 5.33. The first kappa shape index (κ1) is 13.2. The number of hydrogen-bond acceptors (Lipinski definition) is 3. The third-order valence-electron chi connectivity index (χ3n) is 2.15. The zero-order chi connectivity index (χ0) is 12.7. The molecule has 0 radical (unpaired) electrons. The van der Waals surface area contributed by atoms with E-state index in [1.54, 1.807) is 18.2 Å². The molecule has 0 fully saturated rings. The molecule has 3 N–H and O–H groups in total. The molecule has 0 bridgehead atoms. The van der Waals surface area contributed by atoms with Gasteiger partial charge in [-0.3, -0.25) is 9.59 Å². The van der Waals surface area contributed by atoms with Gasteiger partial charge < -0.3 is 15.5 Å². The number of amides is 1. The van der Waals surface area contributed by atoms with Gasteiger partial charge in [-0.15, -0.1) is 0 Å². The van der Waals surface area contributed by atoms with Crippen molar-refractivity contribution < 1.29 is 19.8 Å². The van der Waals surface area contributed by atoms with E-state index in [0.717, 1.165) is 12.0 Å². The maximum absolute atomic E-state index is 11.2. The summed E-state index contributed by atoms with van der Waals surface area (Å²) < 4.78 is 0. The number of carboxylic acids is 1. The molecule has 0 aromatic heterocycles. The van der Waals surface area contributed by atoms with Crippen molar-refractivity contribution in [3.63, 3.8) is 0 Å². The lowest BCUT2D eigenvalue weighted by atomic mass is 10.1. The summed E-state index contributed by atoms with van der Waals surface area (Å²) in [7, 11) is 0. The normalized spacial score (nSPS) is 9.94. The summed E-state index contributed by atoms with van der Waals surface area (Å²) in [6, 6.07) is 7.14. The second-order valence-electron chi connectivity index (χ2n) is 3.65. The summed E-state index contributed by atoms with van der Waals surface area (Å²) in [6.07, 6.45) is 0.840. The smallest absolute Gasteiger partial charge is 0.312 e. The lowest BCUT2D eigenvalue weighted by Gasteiger charge is -2.06. The number of nitrogens with one attached hydrogen (secondary N) is 1. The van der Waals surface area contributed by atoms with Crippen LogP contribution < -0.4 is 5.32 Å². The van der Waals surface area contributed by atoms with Gasteiger partial charge >= 0.3 is 5.97 Å². The molecular formula is C12H15NO4. The van der Waals surface area contributed by atoms with Crippen molar-refractivity contribution in [3.05, 3.63) is 29.8 Å². The Bertz CT molecular complexity index is 403. The molecule has 1 aromatic rings. The lowest BCUT2D eigenvalue weighted by Crippen LogP contribution is -2.15. The monoisotopic (exact) mass is 237 g/mol. The van der Waals surface area contributed by atoms with Gasteiger partial charge in [-0.2, -0.15) is 0 Å². The Morgan fingerprint density at radius 3 is 2.71 bits per heavy atom. The number of anilines is 1. The van der Waals surface area contributed by atoms with Crippen LogP contribution in [0.3, 0.4) is 0 Å². The van der Waals surface area contributed by atoms with Crippen molar-refractivity contribution in [2.24, 2.45) is 0 Å². The van der Waals surface area contributed by atoms with Crippen LogP contribution in [0.1, 0.15) is 18.4 Å². The molecule has 0 saturated heterocycles. The number of carbonyl (C=O) groups excluding carboxylic acids is 1. The fourth-order valence-corrected chi connectivity index (χ4v) is 1.43. The maximum atomic E-state index is 11.2. The van der Waals surface area contributed by atoms with Gasteiger partial charge in [-0.25, -0.2) is 0 Å². The number of aliphatic hydroxyl groups excluding tert-OH is 1. The first-order chi connectivity index (χ1) is 8.11. The second kappa shape index (κ2) is 6.65. The molecule has 1 amide bonds. The van der Waals surface area contributed by atoms with Gasteiger partial charge in [0.15, 0.2) is 0 Å². The minimum Gasteiger partial charge on any atom is -0.481 e. The highest BCUT2D eigenvalue weighted by atomic mass is 16.4. The molecule has 1 aromatic carbocycles. The van der Waals surface area contributed by atoms with Gasteiger partial charge in [-0.05, 0) is 30.5 Å². The molecule has 0 atom stereocenters. The van der Waals surface area contributed by atoms with Crippen molar-refractivity contribution in [2.75, 3.05) is 11.9 Å². The van der Waals surface area contributed by atoms with Crippen LogP contribution in [0.25, 0.3) is 0 Å². The van der Waals surface area contributed by atoms with Gasteiger partial charge in [0.05, 0.1) is 0 Å². The SMILES string of the molecule is O=C(O)CC(=O)Nc1cccc(CCCO)c1. The van der Waals surface area contributed by atoms with Gasteiger partial charge in [0.2, 0.25) is 5.91 Å². The van der Waals surface area contributed by atoms with Crippen LogP contribution in [-0.2, 0) is 16.0 Å². The molecular weight excluding hydrogens is 222 g/mol. The highest BCUT2D eigenvalue weighted by Gasteiger charge is 2.07. The topological polar surface area (TPSA) is 86.6 Å². The lowest BCUT2D eigenvalue weighted by molar-refractivity contribution is -0.139. The van der Waals surface area contributed by atoms with Gasteiger partial charge in [-0.1, -0.05) is 12.1 Å². The Labute approximate surface area is 99.1 Å². The number of carboxylic acid groups (broad SMARTS) is 1. The van der Waals surface area contributed by atoms with Crippen LogP contribution in [0.15, 0.2) is 24.3 Å². The molecule has 1 rings (SSSR count). The molecule has 0 saturated carbocycles. The van der Waals surface area contributed by atoms with Crippen molar-refractivity contribution in [2.45, 2.75) is 19.3 Å². The number of hydrogen-bond donors (Lipinski definition) is 3. The highest BCUT2D eigenvalue weighted by molar-refractivity contribution is 6.01. The second-order valence-corrected chi connectivity index (χ2v) is 3.65. The summed E-state index contributed by atoms with van der Waals surface area (Å²) in [6.45, 7) is 0.121. The number of aryl methyl sites for hydroxylation is 1. The van der Waals surface area contributed by atoms with E-state index in [-0.39, 0.29) is 6.61 Å². The van der Waals surface area contributed by atoms with Crippen molar-refractivity contribution in [3.8, 4) is 0 Å². The third-order valence-corrected chi connectivity index (χ3v) is 2.15. The average molecular weight is 237 g/mol. The first-order valence-electron chi connectivity index (χ1n) is 5.33. The molecule has 92 valence electrons. The largest absolute Gasteiger partial charge is 0.481 e. The van der Waals surface area contributed by atoms with E-state index in [4.69, 9.17) is 10.2 Å². The Hall–Kier alpha value is -1.88. The van der Waals surface area contributed by atoms with E-state index in [0.29, 0.717) is 12.1 Å². The molecule has 0 aliphatic rings. The van der Waals surface area contributed by atoms with Crippen molar-refractivity contribution in [1.29, 1.82) is 0 Å². The molecule has 17 heavy (non-hydrogen) atoms. The molecule has 0 aliphatic carbocycles. The zero-order valence-electron chi connectivity index (χ0n) is 9.35. The number of rotatable bonds is 6. The fourth-order valence-electron chi connectivity index (χ4n) is 1.43. The van der Waals surface area contributed by atoms with E-state index in [1.165, 1.54) is 0 Å². The van der Waals surface area contributed by atoms with Crippen LogP contribution in [0.2, 0.25) is 0 Å². The maximum Gasteiger partial charge on any atom is 0.312 e. The third kappa shape index (κ3) is 5.12. The summed E-state index contributed by atoms with van der Waals surface area (Å²) >= 11 is 0. The Kier molecular flexibility index (Phi) is 5.16. The van der Waals surface area contributed by atoms with Crippen LogP contribution in [0.5, 0.6) is 0 Å². The molecule has 0 unspecified atom stereocenters. The number of aliphatic carboxylic acids is 1. The average Bonchev–Trinajstić information content (AvgIpc) is 2.25. The van der Waals surface area contributed by atoms with Crippen LogP contribution in [0, 0.1) is 0 Å². The number of benzene rings is 1. The Morgan fingerprint density at radius 1 is 1.29 bits per heavy atom. The summed E-state index contributed by atoms with van der Waals surface area (Å²) in [5, 5.41) is 19.7. The number of carbonyl (C=O) groups is 2. The predicted octanol–water partition coefficient (Wildman–Crippen LogP) is 1.02. The summed E-state index contributed by atoms with van der Waals surface area (Å²) in [4.78, 5) is 21.5. The quantitative estimate of drug-likeness (QED) is 0.645. The van der Waals surface area contributed by atoms with Crippen LogP contribution in [-0.4, -0.2) is 28.7 Å². The zero-order valence-corrected chi connectivity index (χ0v) is 9.35. The minimum atomic E-state index is -1.15. The molecule has 5 nitrogen and oxygen atoms in total. The molecule has 5 heteroatoms. The number of aliphatic hydroxyl groups is 1. The highest BCUT2D eigenvalue weighted by Crippen LogP contribution is 2.12. The van der Waals surface area contributed by atoms with Crippen molar-refractivity contribution >= 4 is 17.6 Å². The standard InChI is InChI=1S/C12H15NO4/c14-6-2-4-9-3-1-5-10(7-9)13-11(15)8-12(16)17/h1,3,5,7,14H,2,4,6,8H2,(H,13,15)(H,16,17). The van der Waals surface area contributed by atoms with Gasteiger partial charge in [0.1, 0.15) is 6.42 Å². The van der Waals surface area contributed by atoms with E-state index in [9.17, 15) is 9.59 Å².